The third kappa shape index (κ3) is 2.03. The largest absolute Gasteiger partial charge is 0.368 e. The average molecular weight is 260 g/mol. The Kier molecular flexibility index (Phi) is 2.67. The quantitative estimate of drug-likeness (QED) is 0.871. The molecular formula is C14H10F2N2O. The zero-order valence-electron chi connectivity index (χ0n) is 9.78. The highest BCUT2D eigenvalue weighted by Crippen LogP contribution is 2.34. The molecule has 0 bridgehead atoms. The van der Waals surface area contributed by atoms with E-state index in [4.69, 9.17) is 0 Å². The fraction of sp³-hybridized carbons (Fsp3) is 0.0714. The lowest BCUT2D eigenvalue weighted by Gasteiger charge is -2.13. The highest BCUT2D eigenvalue weighted by molar-refractivity contribution is 6.04. The number of amides is 1. The van der Waals surface area contributed by atoms with Crippen LogP contribution in [0.25, 0.3) is 0 Å². The van der Waals surface area contributed by atoms with E-state index in [1.807, 2.05) is 0 Å². The number of fused-ring (bicyclic) bond motifs is 1. The first kappa shape index (κ1) is 11.6. The topological polar surface area (TPSA) is 41.1 Å². The third-order valence-electron chi connectivity index (χ3n) is 3.02. The lowest BCUT2D eigenvalue weighted by molar-refractivity contribution is -0.116. The van der Waals surface area contributed by atoms with Gasteiger partial charge in [-0.05, 0) is 30.3 Å². The van der Waals surface area contributed by atoms with E-state index in [1.165, 1.54) is 30.3 Å². The molecule has 1 unspecified atom stereocenters. The van der Waals surface area contributed by atoms with Gasteiger partial charge < -0.3 is 10.6 Å². The Balaban J connectivity index is 1.97. The van der Waals surface area contributed by atoms with Gasteiger partial charge in [-0.2, -0.15) is 0 Å². The summed E-state index contributed by atoms with van der Waals surface area (Å²) in [5, 5.41) is 5.41. The zero-order chi connectivity index (χ0) is 13.4. The van der Waals surface area contributed by atoms with Crippen LogP contribution in [0.2, 0.25) is 0 Å². The SMILES string of the molecule is O=C1Nc2ccc(F)cc2C1Nc1ccccc1F. The van der Waals surface area contributed by atoms with Gasteiger partial charge in [-0.25, -0.2) is 8.78 Å². The minimum absolute atomic E-state index is 0.208. The summed E-state index contributed by atoms with van der Waals surface area (Å²) in [7, 11) is 0. The number of rotatable bonds is 2. The van der Waals surface area contributed by atoms with Crippen molar-refractivity contribution in [3.63, 3.8) is 0 Å². The molecule has 2 N–H and O–H groups in total. The van der Waals surface area contributed by atoms with Gasteiger partial charge in [-0.1, -0.05) is 12.1 Å². The van der Waals surface area contributed by atoms with Gasteiger partial charge in [0.05, 0.1) is 5.69 Å². The molecule has 0 saturated carbocycles. The highest BCUT2D eigenvalue weighted by Gasteiger charge is 2.31. The van der Waals surface area contributed by atoms with Gasteiger partial charge in [0.2, 0.25) is 0 Å². The van der Waals surface area contributed by atoms with Gasteiger partial charge in [0.15, 0.2) is 0 Å². The molecule has 0 saturated heterocycles. The lowest BCUT2D eigenvalue weighted by Crippen LogP contribution is -2.20. The fourth-order valence-corrected chi connectivity index (χ4v) is 2.11. The van der Waals surface area contributed by atoms with Crippen molar-refractivity contribution in [2.24, 2.45) is 0 Å². The Morgan fingerprint density at radius 1 is 1.11 bits per heavy atom. The molecule has 2 aromatic carbocycles. The summed E-state index contributed by atoms with van der Waals surface area (Å²) in [5.74, 6) is -1.22. The van der Waals surface area contributed by atoms with Crippen LogP contribution in [-0.2, 0) is 4.79 Å². The van der Waals surface area contributed by atoms with Crippen molar-refractivity contribution < 1.29 is 13.6 Å². The van der Waals surface area contributed by atoms with Crippen molar-refractivity contribution in [1.82, 2.24) is 0 Å². The first-order valence-corrected chi connectivity index (χ1v) is 5.76. The van der Waals surface area contributed by atoms with Crippen molar-refractivity contribution in [3.8, 4) is 0 Å². The number of hydrogen-bond acceptors (Lipinski definition) is 2. The smallest absolute Gasteiger partial charge is 0.251 e. The van der Waals surface area contributed by atoms with E-state index in [-0.39, 0.29) is 11.6 Å². The number of para-hydroxylation sites is 1. The molecule has 0 spiro atoms. The van der Waals surface area contributed by atoms with Crippen molar-refractivity contribution in [3.05, 3.63) is 59.7 Å². The summed E-state index contributed by atoms with van der Waals surface area (Å²) in [6.45, 7) is 0. The van der Waals surface area contributed by atoms with Crippen LogP contribution in [0, 0.1) is 11.6 Å². The molecule has 5 heteroatoms. The van der Waals surface area contributed by atoms with E-state index in [2.05, 4.69) is 10.6 Å². The van der Waals surface area contributed by atoms with E-state index in [0.29, 0.717) is 11.3 Å². The molecule has 0 radical (unpaired) electrons. The normalized spacial score (nSPS) is 16.9. The fourth-order valence-electron chi connectivity index (χ4n) is 2.11. The summed E-state index contributed by atoms with van der Waals surface area (Å²) < 4.78 is 26.8. The second-order valence-corrected chi connectivity index (χ2v) is 4.28. The molecule has 1 aliphatic heterocycles. The van der Waals surface area contributed by atoms with Gasteiger partial charge in [0.1, 0.15) is 17.7 Å². The first-order valence-electron chi connectivity index (χ1n) is 5.76. The number of carbonyl (C=O) groups excluding carboxylic acids is 1. The Morgan fingerprint density at radius 2 is 1.89 bits per heavy atom. The van der Waals surface area contributed by atoms with Crippen LogP contribution in [0.5, 0.6) is 0 Å². The summed E-state index contributed by atoms with van der Waals surface area (Å²) >= 11 is 0. The molecule has 0 fully saturated rings. The standard InChI is InChI=1S/C14H10F2N2O/c15-8-5-6-11-9(7-8)13(14(19)18-11)17-12-4-2-1-3-10(12)16/h1-7,13,17H,(H,18,19). The molecule has 0 aromatic heterocycles. The molecule has 0 aliphatic carbocycles. The summed E-state index contributed by atoms with van der Waals surface area (Å²) in [5.41, 5.74) is 1.23. The van der Waals surface area contributed by atoms with Crippen LogP contribution in [-0.4, -0.2) is 5.91 Å². The number of hydrogen-bond donors (Lipinski definition) is 2. The van der Waals surface area contributed by atoms with E-state index < -0.39 is 17.7 Å². The Bertz CT molecular complexity index is 658. The Morgan fingerprint density at radius 3 is 2.68 bits per heavy atom. The number of carbonyl (C=O) groups is 1. The van der Waals surface area contributed by atoms with Crippen LogP contribution in [0.1, 0.15) is 11.6 Å². The molecule has 3 rings (SSSR count). The summed E-state index contributed by atoms with van der Waals surface area (Å²) in [6, 6.07) is 9.28. The molecule has 2 aromatic rings. The van der Waals surface area contributed by atoms with Crippen molar-refractivity contribution >= 4 is 17.3 Å². The van der Waals surface area contributed by atoms with Crippen molar-refractivity contribution in [2.75, 3.05) is 10.6 Å². The molecule has 96 valence electrons. The maximum Gasteiger partial charge on any atom is 0.251 e. The predicted octanol–water partition coefficient (Wildman–Crippen LogP) is 3.07. The second-order valence-electron chi connectivity index (χ2n) is 4.28. The molecular weight excluding hydrogens is 250 g/mol. The maximum atomic E-state index is 13.6. The van der Waals surface area contributed by atoms with Crippen LogP contribution in [0.15, 0.2) is 42.5 Å². The van der Waals surface area contributed by atoms with Gasteiger partial charge in [0, 0.05) is 11.3 Å². The number of halogens is 2. The zero-order valence-corrected chi connectivity index (χ0v) is 9.78. The van der Waals surface area contributed by atoms with Crippen LogP contribution in [0.4, 0.5) is 20.2 Å². The van der Waals surface area contributed by atoms with E-state index >= 15 is 0 Å². The third-order valence-corrected chi connectivity index (χ3v) is 3.02. The van der Waals surface area contributed by atoms with E-state index in [9.17, 15) is 13.6 Å². The molecule has 3 nitrogen and oxygen atoms in total. The van der Waals surface area contributed by atoms with Gasteiger partial charge >= 0.3 is 0 Å². The number of nitrogens with one attached hydrogen (secondary N) is 2. The van der Waals surface area contributed by atoms with Crippen LogP contribution in [0.3, 0.4) is 0 Å². The lowest BCUT2D eigenvalue weighted by atomic mass is 10.1. The minimum Gasteiger partial charge on any atom is -0.368 e. The minimum atomic E-state index is -0.789. The van der Waals surface area contributed by atoms with Gasteiger partial charge in [-0.3, -0.25) is 4.79 Å². The van der Waals surface area contributed by atoms with Crippen molar-refractivity contribution in [2.45, 2.75) is 6.04 Å². The van der Waals surface area contributed by atoms with E-state index in [1.54, 1.807) is 12.1 Å². The van der Waals surface area contributed by atoms with Gasteiger partial charge in [-0.15, -0.1) is 0 Å². The maximum absolute atomic E-state index is 13.6. The van der Waals surface area contributed by atoms with Gasteiger partial charge in [0.25, 0.3) is 5.91 Å². The molecule has 1 amide bonds. The monoisotopic (exact) mass is 260 g/mol. The average Bonchev–Trinajstić information content (AvgIpc) is 2.69. The predicted molar refractivity (Wildman–Crippen MR) is 67.8 cm³/mol. The Labute approximate surface area is 108 Å². The second kappa shape index (κ2) is 4.35. The number of benzene rings is 2. The van der Waals surface area contributed by atoms with E-state index in [0.717, 1.165) is 0 Å². The summed E-state index contributed by atoms with van der Waals surface area (Å²) in [6.07, 6.45) is 0. The molecule has 1 heterocycles. The summed E-state index contributed by atoms with van der Waals surface area (Å²) in [4.78, 5) is 11.8. The number of anilines is 2. The highest BCUT2D eigenvalue weighted by atomic mass is 19.1. The van der Waals surface area contributed by atoms with Crippen molar-refractivity contribution in [1.29, 1.82) is 0 Å². The molecule has 19 heavy (non-hydrogen) atoms. The van der Waals surface area contributed by atoms with Crippen LogP contribution < -0.4 is 10.6 Å². The Hall–Kier alpha value is -2.43. The van der Waals surface area contributed by atoms with Crippen LogP contribution >= 0.6 is 0 Å². The molecule has 1 atom stereocenters. The first-order chi connectivity index (χ1) is 9.15. The molecule has 1 aliphatic rings.